The first-order valence-electron chi connectivity index (χ1n) is 6.85. The number of aromatic nitrogens is 4. The number of carbonyl (C=O) groups is 1. The van der Waals surface area contributed by atoms with Gasteiger partial charge in [0, 0.05) is 6.04 Å². The number of amides is 1. The largest absolute Gasteiger partial charge is 0.349 e. The van der Waals surface area contributed by atoms with Gasteiger partial charge in [0.15, 0.2) is 0 Å². The Bertz CT molecular complexity index is 579. The number of hydrogen-bond acceptors (Lipinski definition) is 5. The quantitative estimate of drug-likeness (QED) is 0.939. The molecule has 0 spiro atoms. The Morgan fingerprint density at radius 3 is 3.15 bits per heavy atom. The van der Waals surface area contributed by atoms with E-state index in [9.17, 15) is 4.79 Å². The van der Waals surface area contributed by atoms with Gasteiger partial charge < -0.3 is 5.32 Å². The molecule has 1 saturated carbocycles. The molecule has 1 N–H and O–H groups in total. The summed E-state index contributed by atoms with van der Waals surface area (Å²) in [5.41, 5.74) is 0.737. The van der Waals surface area contributed by atoms with Crippen molar-refractivity contribution >= 4 is 17.2 Å². The normalized spacial score (nSPS) is 22.6. The fourth-order valence-electron chi connectivity index (χ4n) is 2.74. The number of thiophene rings is 1. The minimum Gasteiger partial charge on any atom is -0.349 e. The van der Waals surface area contributed by atoms with Crippen LogP contribution in [-0.4, -0.2) is 32.2 Å². The van der Waals surface area contributed by atoms with Gasteiger partial charge in [-0.15, -0.1) is 16.4 Å². The Morgan fingerprint density at radius 2 is 2.40 bits per heavy atom. The van der Waals surface area contributed by atoms with Crippen molar-refractivity contribution in [2.45, 2.75) is 38.6 Å². The molecule has 2 heterocycles. The second kappa shape index (κ2) is 5.70. The van der Waals surface area contributed by atoms with Gasteiger partial charge in [0.05, 0.1) is 5.69 Å². The van der Waals surface area contributed by atoms with Gasteiger partial charge in [0.1, 0.15) is 11.2 Å². The van der Waals surface area contributed by atoms with Crippen molar-refractivity contribution < 1.29 is 4.79 Å². The van der Waals surface area contributed by atoms with Crippen LogP contribution in [0.2, 0.25) is 0 Å². The zero-order valence-corrected chi connectivity index (χ0v) is 12.1. The van der Waals surface area contributed by atoms with Crippen LogP contribution in [0.15, 0.2) is 17.8 Å². The molecule has 0 saturated heterocycles. The number of hydrogen-bond donors (Lipinski definition) is 1. The van der Waals surface area contributed by atoms with E-state index in [0.717, 1.165) is 18.5 Å². The van der Waals surface area contributed by atoms with Crippen molar-refractivity contribution in [2.24, 2.45) is 5.92 Å². The van der Waals surface area contributed by atoms with E-state index in [4.69, 9.17) is 0 Å². The molecule has 1 aliphatic carbocycles. The summed E-state index contributed by atoms with van der Waals surface area (Å²) in [6.07, 6.45) is 6.10. The van der Waals surface area contributed by atoms with E-state index >= 15 is 0 Å². The van der Waals surface area contributed by atoms with E-state index in [1.54, 1.807) is 0 Å². The molecule has 2 aromatic rings. The van der Waals surface area contributed by atoms with Gasteiger partial charge in [-0.05, 0) is 40.6 Å². The first kappa shape index (κ1) is 13.2. The highest BCUT2D eigenvalue weighted by Crippen LogP contribution is 2.25. The van der Waals surface area contributed by atoms with Gasteiger partial charge in [-0.2, -0.15) is 4.68 Å². The maximum Gasteiger partial charge on any atom is 0.263 e. The van der Waals surface area contributed by atoms with Crippen LogP contribution in [0.5, 0.6) is 0 Å². The molecule has 0 unspecified atom stereocenters. The summed E-state index contributed by atoms with van der Waals surface area (Å²) in [5, 5.41) is 16.1. The summed E-state index contributed by atoms with van der Waals surface area (Å²) in [7, 11) is 0. The Balaban J connectivity index is 1.73. The minimum atomic E-state index is -0.0235. The molecule has 6 nitrogen and oxygen atoms in total. The van der Waals surface area contributed by atoms with Gasteiger partial charge in [-0.1, -0.05) is 19.8 Å². The Hall–Kier alpha value is -1.76. The SMILES string of the molecule is C[C@@H]1CCC[C@@H](NC(=O)c2sccc2-n2cnnn2)C1. The zero-order chi connectivity index (χ0) is 13.9. The van der Waals surface area contributed by atoms with E-state index in [2.05, 4.69) is 27.8 Å². The lowest BCUT2D eigenvalue weighted by atomic mass is 9.87. The van der Waals surface area contributed by atoms with Crippen molar-refractivity contribution in [1.82, 2.24) is 25.5 Å². The highest BCUT2D eigenvalue weighted by atomic mass is 32.1. The van der Waals surface area contributed by atoms with Gasteiger partial charge in [0.25, 0.3) is 5.91 Å². The topological polar surface area (TPSA) is 72.7 Å². The molecular weight excluding hydrogens is 274 g/mol. The summed E-state index contributed by atoms with van der Waals surface area (Å²) < 4.78 is 1.52. The van der Waals surface area contributed by atoms with Gasteiger partial charge in [-0.3, -0.25) is 4.79 Å². The Labute approximate surface area is 121 Å². The van der Waals surface area contributed by atoms with E-state index in [-0.39, 0.29) is 11.9 Å². The summed E-state index contributed by atoms with van der Waals surface area (Å²) in [5.74, 6) is 0.668. The maximum absolute atomic E-state index is 12.4. The lowest BCUT2D eigenvalue weighted by Gasteiger charge is -2.27. The third-order valence-corrected chi connectivity index (χ3v) is 4.62. The van der Waals surface area contributed by atoms with Crippen LogP contribution < -0.4 is 5.32 Å². The Kier molecular flexibility index (Phi) is 3.77. The average Bonchev–Trinajstić information content (AvgIpc) is 3.09. The predicted octanol–water partition coefficient (Wildman–Crippen LogP) is 2.03. The molecule has 7 heteroatoms. The highest BCUT2D eigenvalue weighted by molar-refractivity contribution is 7.12. The molecule has 2 aromatic heterocycles. The van der Waals surface area contributed by atoms with Crippen LogP contribution in [0, 0.1) is 5.92 Å². The monoisotopic (exact) mass is 291 g/mol. The first-order valence-corrected chi connectivity index (χ1v) is 7.73. The molecule has 2 atom stereocenters. The van der Waals surface area contributed by atoms with Crippen molar-refractivity contribution in [3.8, 4) is 5.69 Å². The molecule has 0 bridgehead atoms. The van der Waals surface area contributed by atoms with Gasteiger partial charge in [-0.25, -0.2) is 0 Å². The fourth-order valence-corrected chi connectivity index (χ4v) is 3.52. The second-order valence-electron chi connectivity index (χ2n) is 5.33. The second-order valence-corrected chi connectivity index (χ2v) is 6.25. The minimum absolute atomic E-state index is 0.0235. The highest BCUT2D eigenvalue weighted by Gasteiger charge is 2.23. The van der Waals surface area contributed by atoms with E-state index in [1.807, 2.05) is 11.4 Å². The molecule has 0 aromatic carbocycles. The average molecular weight is 291 g/mol. The lowest BCUT2D eigenvalue weighted by molar-refractivity contribution is 0.0925. The van der Waals surface area contributed by atoms with Gasteiger partial charge >= 0.3 is 0 Å². The van der Waals surface area contributed by atoms with E-state index in [1.165, 1.54) is 35.2 Å². The Morgan fingerprint density at radius 1 is 1.50 bits per heavy atom. The fraction of sp³-hybridized carbons (Fsp3) is 0.538. The number of rotatable bonds is 3. The van der Waals surface area contributed by atoms with Crippen molar-refractivity contribution in [2.75, 3.05) is 0 Å². The van der Waals surface area contributed by atoms with E-state index < -0.39 is 0 Å². The number of nitrogens with zero attached hydrogens (tertiary/aromatic N) is 4. The molecule has 106 valence electrons. The van der Waals surface area contributed by atoms with Crippen LogP contribution in [0.3, 0.4) is 0 Å². The molecule has 0 aliphatic heterocycles. The van der Waals surface area contributed by atoms with Crippen LogP contribution >= 0.6 is 11.3 Å². The molecule has 20 heavy (non-hydrogen) atoms. The number of tetrazole rings is 1. The summed E-state index contributed by atoms with van der Waals surface area (Å²) in [6.45, 7) is 2.25. The maximum atomic E-state index is 12.4. The van der Waals surface area contributed by atoms with E-state index in [0.29, 0.717) is 10.8 Å². The number of carbonyl (C=O) groups excluding carboxylic acids is 1. The molecule has 0 radical (unpaired) electrons. The predicted molar refractivity (Wildman–Crippen MR) is 75.9 cm³/mol. The summed E-state index contributed by atoms with van der Waals surface area (Å²) >= 11 is 1.42. The molecular formula is C13H17N5OS. The van der Waals surface area contributed by atoms with Gasteiger partial charge in [0.2, 0.25) is 0 Å². The molecule has 1 amide bonds. The lowest BCUT2D eigenvalue weighted by Crippen LogP contribution is -2.38. The summed E-state index contributed by atoms with van der Waals surface area (Å²) in [6, 6.07) is 2.15. The third-order valence-electron chi connectivity index (χ3n) is 3.72. The van der Waals surface area contributed by atoms with Crippen LogP contribution in [0.1, 0.15) is 42.3 Å². The molecule has 3 rings (SSSR count). The first-order chi connectivity index (χ1) is 9.74. The molecule has 1 aliphatic rings. The standard InChI is InChI=1S/C13H17N5OS/c1-9-3-2-4-10(7-9)15-13(19)12-11(5-6-20-12)18-8-14-16-17-18/h5-6,8-10H,2-4,7H2,1H3,(H,15,19)/t9-,10-/m1/s1. The molecule has 1 fully saturated rings. The van der Waals surface area contributed by atoms with Crippen molar-refractivity contribution in [3.05, 3.63) is 22.7 Å². The van der Waals surface area contributed by atoms with Crippen LogP contribution in [0.4, 0.5) is 0 Å². The summed E-state index contributed by atoms with van der Waals surface area (Å²) in [4.78, 5) is 13.1. The third kappa shape index (κ3) is 2.72. The zero-order valence-electron chi connectivity index (χ0n) is 11.3. The smallest absolute Gasteiger partial charge is 0.263 e. The van der Waals surface area contributed by atoms with Crippen LogP contribution in [-0.2, 0) is 0 Å². The van der Waals surface area contributed by atoms with Crippen LogP contribution in [0.25, 0.3) is 5.69 Å². The number of nitrogens with one attached hydrogen (secondary N) is 1. The van der Waals surface area contributed by atoms with Crippen molar-refractivity contribution in [1.29, 1.82) is 0 Å². The van der Waals surface area contributed by atoms with Crippen molar-refractivity contribution in [3.63, 3.8) is 0 Å².